The van der Waals surface area contributed by atoms with Crippen LogP contribution in [0.25, 0.3) is 15.9 Å². The highest BCUT2D eigenvalue weighted by Crippen LogP contribution is 2.24. The summed E-state index contributed by atoms with van der Waals surface area (Å²) >= 11 is 1.70. The fourth-order valence-corrected chi connectivity index (χ4v) is 5.12. The van der Waals surface area contributed by atoms with Crippen molar-refractivity contribution in [2.75, 3.05) is 31.1 Å². The molecule has 0 spiro atoms. The number of nitrogens with zero attached hydrogens (tertiary/aromatic N) is 6. The van der Waals surface area contributed by atoms with Crippen LogP contribution in [0.3, 0.4) is 0 Å². The molecule has 3 aromatic heterocycles. The largest absolute Gasteiger partial charge is 0.339 e. The van der Waals surface area contributed by atoms with Gasteiger partial charge in [0.25, 0.3) is 0 Å². The Bertz CT molecular complexity index is 1220. The van der Waals surface area contributed by atoms with Gasteiger partial charge in [0.05, 0.1) is 22.6 Å². The molecular formula is C23H28N6S. The zero-order valence-electron chi connectivity index (χ0n) is 18.1. The van der Waals surface area contributed by atoms with Crippen molar-refractivity contribution in [2.24, 2.45) is 0 Å². The Balaban J connectivity index is 1.36. The van der Waals surface area contributed by atoms with Crippen LogP contribution >= 0.6 is 11.3 Å². The molecule has 1 saturated heterocycles. The predicted octanol–water partition coefficient (Wildman–Crippen LogP) is 4.28. The monoisotopic (exact) mass is 420 g/mol. The second-order valence-electron chi connectivity index (χ2n) is 8.38. The molecule has 1 fully saturated rings. The van der Waals surface area contributed by atoms with Gasteiger partial charge in [-0.05, 0) is 57.4 Å². The second-order valence-corrected chi connectivity index (χ2v) is 9.25. The Labute approximate surface area is 181 Å². The van der Waals surface area contributed by atoms with Gasteiger partial charge >= 0.3 is 0 Å². The highest BCUT2D eigenvalue weighted by molar-refractivity contribution is 7.15. The van der Waals surface area contributed by atoms with Gasteiger partial charge in [-0.2, -0.15) is 0 Å². The van der Waals surface area contributed by atoms with E-state index in [1.807, 2.05) is 0 Å². The van der Waals surface area contributed by atoms with Crippen LogP contribution in [-0.2, 0) is 6.54 Å². The molecule has 4 heterocycles. The Hall–Kier alpha value is -2.51. The van der Waals surface area contributed by atoms with E-state index in [-0.39, 0.29) is 0 Å². The van der Waals surface area contributed by atoms with E-state index in [1.54, 1.807) is 11.3 Å². The van der Waals surface area contributed by atoms with Crippen molar-refractivity contribution in [3.63, 3.8) is 0 Å². The van der Waals surface area contributed by atoms with Crippen LogP contribution in [0.2, 0.25) is 0 Å². The highest BCUT2D eigenvalue weighted by atomic mass is 32.1. The van der Waals surface area contributed by atoms with Crippen LogP contribution in [0.4, 0.5) is 5.95 Å². The van der Waals surface area contributed by atoms with Crippen LogP contribution in [0.5, 0.6) is 0 Å². The number of imidazole rings is 1. The lowest BCUT2D eigenvalue weighted by molar-refractivity contribution is 0.280. The molecule has 0 saturated carbocycles. The van der Waals surface area contributed by atoms with Crippen molar-refractivity contribution in [3.05, 3.63) is 51.9 Å². The molecule has 7 heteroatoms. The molecule has 0 unspecified atom stereocenters. The quantitative estimate of drug-likeness (QED) is 0.495. The number of hydrogen-bond acceptors (Lipinski definition) is 6. The minimum Gasteiger partial charge on any atom is -0.339 e. The first-order valence-corrected chi connectivity index (χ1v) is 11.5. The molecule has 5 rings (SSSR count). The van der Waals surface area contributed by atoms with Crippen LogP contribution in [-0.4, -0.2) is 50.4 Å². The molecule has 0 radical (unpaired) electrons. The lowest BCUT2D eigenvalue weighted by Gasteiger charge is -2.22. The van der Waals surface area contributed by atoms with Crippen molar-refractivity contribution in [1.29, 1.82) is 0 Å². The molecule has 0 N–H and O–H groups in total. The lowest BCUT2D eigenvalue weighted by Crippen LogP contribution is -2.32. The lowest BCUT2D eigenvalue weighted by atomic mass is 10.1. The summed E-state index contributed by atoms with van der Waals surface area (Å²) in [4.78, 5) is 20.5. The molecular weight excluding hydrogens is 392 g/mol. The van der Waals surface area contributed by atoms with Gasteiger partial charge in [-0.3, -0.25) is 9.30 Å². The summed E-state index contributed by atoms with van der Waals surface area (Å²) in [5.74, 6) is 0.867. The smallest absolute Gasteiger partial charge is 0.226 e. The maximum atomic E-state index is 4.94. The van der Waals surface area contributed by atoms with Gasteiger partial charge in [-0.25, -0.2) is 15.0 Å². The number of aromatic nitrogens is 4. The summed E-state index contributed by atoms with van der Waals surface area (Å²) in [5, 5.41) is 3.27. The maximum absolute atomic E-state index is 4.94. The topological polar surface area (TPSA) is 49.6 Å². The van der Waals surface area contributed by atoms with Crippen molar-refractivity contribution >= 4 is 33.1 Å². The summed E-state index contributed by atoms with van der Waals surface area (Å²) in [6.45, 7) is 13.5. The standard InChI is InChI=1S/C23H28N6S/c1-15-12-19-17(3)24-22(26-20(19)13-16(15)2)28-7-5-6-27(8-9-28)14-21-18(4)25-23-29(21)10-11-30-23/h10-13H,5-9,14H2,1-4H3. The summed E-state index contributed by atoms with van der Waals surface area (Å²) in [5.41, 5.74) is 7.14. The van der Waals surface area contributed by atoms with E-state index in [0.717, 1.165) is 72.3 Å². The van der Waals surface area contributed by atoms with Crippen LogP contribution in [0, 0.1) is 27.7 Å². The summed E-state index contributed by atoms with van der Waals surface area (Å²) in [6, 6.07) is 4.41. The van der Waals surface area contributed by atoms with Gasteiger partial charge in [0.2, 0.25) is 5.95 Å². The van der Waals surface area contributed by atoms with E-state index in [9.17, 15) is 0 Å². The molecule has 0 amide bonds. The fraction of sp³-hybridized carbons (Fsp3) is 0.435. The number of aryl methyl sites for hydroxylation is 4. The number of fused-ring (bicyclic) bond motifs is 2. The first-order valence-electron chi connectivity index (χ1n) is 10.6. The molecule has 0 atom stereocenters. The molecule has 30 heavy (non-hydrogen) atoms. The van der Waals surface area contributed by atoms with Gasteiger partial charge < -0.3 is 4.90 Å². The van der Waals surface area contributed by atoms with Gasteiger partial charge in [0.1, 0.15) is 0 Å². The number of anilines is 1. The van der Waals surface area contributed by atoms with Crippen LogP contribution < -0.4 is 4.90 Å². The predicted molar refractivity (Wildman–Crippen MR) is 124 cm³/mol. The fourth-order valence-electron chi connectivity index (χ4n) is 4.34. The molecule has 1 aromatic carbocycles. The third-order valence-electron chi connectivity index (χ3n) is 6.30. The minimum atomic E-state index is 0.867. The maximum Gasteiger partial charge on any atom is 0.226 e. The molecule has 0 aliphatic carbocycles. The third-order valence-corrected chi connectivity index (χ3v) is 7.05. The summed E-state index contributed by atoms with van der Waals surface area (Å²) in [7, 11) is 0. The van der Waals surface area contributed by atoms with E-state index in [1.165, 1.54) is 16.8 Å². The van der Waals surface area contributed by atoms with Crippen LogP contribution in [0.15, 0.2) is 23.7 Å². The van der Waals surface area contributed by atoms with Gasteiger partial charge in [0.15, 0.2) is 4.96 Å². The van der Waals surface area contributed by atoms with Gasteiger partial charge in [0, 0.05) is 49.7 Å². The number of rotatable bonds is 3. The van der Waals surface area contributed by atoms with Gasteiger partial charge in [-0.1, -0.05) is 0 Å². The Morgan fingerprint density at radius 2 is 1.73 bits per heavy atom. The minimum absolute atomic E-state index is 0.867. The zero-order chi connectivity index (χ0) is 20.8. The molecule has 0 bridgehead atoms. The first kappa shape index (κ1) is 19.5. The normalized spacial score (nSPS) is 15.9. The summed E-state index contributed by atoms with van der Waals surface area (Å²) in [6.07, 6.45) is 3.24. The van der Waals surface area contributed by atoms with E-state index < -0.39 is 0 Å². The third kappa shape index (κ3) is 3.46. The van der Waals surface area contributed by atoms with E-state index in [2.05, 4.69) is 65.6 Å². The number of hydrogen-bond donors (Lipinski definition) is 0. The molecule has 4 aromatic rings. The average Bonchev–Trinajstić information content (AvgIpc) is 3.17. The SMILES string of the molecule is Cc1cc2nc(N3CCCN(Cc4c(C)nc5sccn45)CC3)nc(C)c2cc1C. The highest BCUT2D eigenvalue weighted by Gasteiger charge is 2.20. The van der Waals surface area contributed by atoms with Crippen molar-refractivity contribution in [2.45, 2.75) is 40.7 Å². The van der Waals surface area contributed by atoms with Crippen molar-refractivity contribution in [3.8, 4) is 0 Å². The van der Waals surface area contributed by atoms with E-state index >= 15 is 0 Å². The Kier molecular flexibility index (Phi) is 4.95. The Morgan fingerprint density at radius 1 is 0.900 bits per heavy atom. The first-order chi connectivity index (χ1) is 14.5. The zero-order valence-corrected chi connectivity index (χ0v) is 19.0. The van der Waals surface area contributed by atoms with Crippen molar-refractivity contribution in [1.82, 2.24) is 24.3 Å². The number of benzene rings is 1. The average molecular weight is 421 g/mol. The van der Waals surface area contributed by atoms with Gasteiger partial charge in [-0.15, -0.1) is 11.3 Å². The van der Waals surface area contributed by atoms with E-state index in [4.69, 9.17) is 15.0 Å². The second kappa shape index (κ2) is 7.63. The Morgan fingerprint density at radius 3 is 2.60 bits per heavy atom. The number of thiazole rings is 1. The van der Waals surface area contributed by atoms with Crippen LogP contribution in [0.1, 0.15) is 34.6 Å². The molecule has 1 aliphatic heterocycles. The van der Waals surface area contributed by atoms with Crippen molar-refractivity contribution < 1.29 is 0 Å². The molecule has 6 nitrogen and oxygen atoms in total. The molecule has 1 aliphatic rings. The summed E-state index contributed by atoms with van der Waals surface area (Å²) < 4.78 is 2.24. The molecule has 156 valence electrons. The van der Waals surface area contributed by atoms with E-state index in [0.29, 0.717) is 0 Å².